The number of methoxy groups -OCH3 is 1. The van der Waals surface area contributed by atoms with Crippen molar-refractivity contribution in [3.05, 3.63) is 35.4 Å². The Morgan fingerprint density at radius 1 is 1.09 bits per heavy atom. The number of benzene rings is 1. The molecule has 2 N–H and O–H groups in total. The minimum Gasteiger partial charge on any atom is -0.382 e. The largest absolute Gasteiger partial charge is 0.382 e. The second-order valence-electron chi connectivity index (χ2n) is 5.36. The summed E-state index contributed by atoms with van der Waals surface area (Å²) in [6.45, 7) is 8.76. The van der Waals surface area contributed by atoms with Crippen molar-refractivity contribution in [3.8, 4) is 0 Å². The molecule has 0 aliphatic carbocycles. The lowest BCUT2D eigenvalue weighted by Gasteiger charge is -2.12. The SMILES string of the molecule is CCNC(=NCc1ccccc1C)NCCCCOCCOC. The lowest BCUT2D eigenvalue weighted by molar-refractivity contribution is 0.0689. The number of aryl methyl sites for hydroxylation is 1. The summed E-state index contributed by atoms with van der Waals surface area (Å²) < 4.78 is 10.4. The van der Waals surface area contributed by atoms with Crippen molar-refractivity contribution in [2.24, 2.45) is 4.99 Å². The smallest absolute Gasteiger partial charge is 0.191 e. The number of unbranched alkanes of at least 4 members (excludes halogenated alkanes) is 1. The Hall–Kier alpha value is -1.59. The summed E-state index contributed by atoms with van der Waals surface area (Å²) in [7, 11) is 1.69. The van der Waals surface area contributed by atoms with Crippen LogP contribution < -0.4 is 10.6 Å². The fourth-order valence-electron chi connectivity index (χ4n) is 2.07. The van der Waals surface area contributed by atoms with E-state index in [1.807, 2.05) is 0 Å². The Balaban J connectivity index is 2.26. The van der Waals surface area contributed by atoms with Gasteiger partial charge < -0.3 is 20.1 Å². The maximum Gasteiger partial charge on any atom is 0.191 e. The molecule has 0 atom stereocenters. The molecular formula is C18H31N3O2. The lowest BCUT2D eigenvalue weighted by atomic mass is 10.1. The number of rotatable bonds is 11. The van der Waals surface area contributed by atoms with Crippen LogP contribution >= 0.6 is 0 Å². The first-order valence-corrected chi connectivity index (χ1v) is 8.41. The molecule has 5 heteroatoms. The van der Waals surface area contributed by atoms with E-state index in [1.165, 1.54) is 11.1 Å². The van der Waals surface area contributed by atoms with Gasteiger partial charge in [-0.1, -0.05) is 24.3 Å². The maximum absolute atomic E-state index is 5.45. The Bertz CT molecular complexity index is 450. The molecule has 1 aromatic carbocycles. The summed E-state index contributed by atoms with van der Waals surface area (Å²) in [5.74, 6) is 0.871. The zero-order valence-corrected chi connectivity index (χ0v) is 14.7. The van der Waals surface area contributed by atoms with E-state index in [9.17, 15) is 0 Å². The maximum atomic E-state index is 5.45. The van der Waals surface area contributed by atoms with Gasteiger partial charge in [0.1, 0.15) is 0 Å². The topological polar surface area (TPSA) is 54.9 Å². The predicted molar refractivity (Wildman–Crippen MR) is 95.9 cm³/mol. The quantitative estimate of drug-likeness (QED) is 0.373. The van der Waals surface area contributed by atoms with Crippen molar-refractivity contribution >= 4 is 5.96 Å². The molecule has 0 amide bonds. The van der Waals surface area contributed by atoms with Crippen molar-refractivity contribution in [1.29, 1.82) is 0 Å². The highest BCUT2D eigenvalue weighted by Crippen LogP contribution is 2.07. The van der Waals surface area contributed by atoms with E-state index in [0.717, 1.165) is 38.5 Å². The van der Waals surface area contributed by atoms with Crippen LogP contribution in [0.4, 0.5) is 0 Å². The normalized spacial score (nSPS) is 11.5. The molecule has 0 fully saturated rings. The van der Waals surface area contributed by atoms with E-state index >= 15 is 0 Å². The number of nitrogens with one attached hydrogen (secondary N) is 2. The standard InChI is InChI=1S/C18H31N3O2/c1-4-19-18(20-11-7-8-12-23-14-13-22-3)21-15-17-10-6-5-9-16(17)2/h5-6,9-10H,4,7-8,11-15H2,1-3H3,(H2,19,20,21). The first kappa shape index (κ1) is 19.5. The molecule has 0 bridgehead atoms. The van der Waals surface area contributed by atoms with Crippen molar-refractivity contribution in [2.75, 3.05) is 40.0 Å². The van der Waals surface area contributed by atoms with Gasteiger partial charge >= 0.3 is 0 Å². The minimum atomic E-state index is 0.661. The zero-order valence-electron chi connectivity index (χ0n) is 14.7. The fraction of sp³-hybridized carbons (Fsp3) is 0.611. The van der Waals surface area contributed by atoms with Gasteiger partial charge in [0.15, 0.2) is 5.96 Å². The predicted octanol–water partition coefficient (Wildman–Crippen LogP) is 2.49. The second kappa shape index (κ2) is 12.9. The van der Waals surface area contributed by atoms with Gasteiger partial charge in [0.2, 0.25) is 0 Å². The van der Waals surface area contributed by atoms with Crippen LogP contribution in [0.2, 0.25) is 0 Å². The van der Waals surface area contributed by atoms with E-state index in [0.29, 0.717) is 19.8 Å². The number of guanidine groups is 1. The van der Waals surface area contributed by atoms with Crippen LogP contribution in [0.1, 0.15) is 30.9 Å². The monoisotopic (exact) mass is 321 g/mol. The molecule has 0 aromatic heterocycles. The molecule has 0 spiro atoms. The summed E-state index contributed by atoms with van der Waals surface area (Å²) in [6, 6.07) is 8.36. The molecule has 0 aliphatic heterocycles. The molecule has 5 nitrogen and oxygen atoms in total. The summed E-state index contributed by atoms with van der Waals surface area (Å²) in [5.41, 5.74) is 2.54. The molecule has 0 unspecified atom stereocenters. The molecule has 1 rings (SSSR count). The van der Waals surface area contributed by atoms with Crippen LogP contribution in [-0.2, 0) is 16.0 Å². The van der Waals surface area contributed by atoms with E-state index in [-0.39, 0.29) is 0 Å². The van der Waals surface area contributed by atoms with E-state index in [4.69, 9.17) is 9.47 Å². The van der Waals surface area contributed by atoms with Gasteiger partial charge in [0.05, 0.1) is 19.8 Å². The Kier molecular flexibility index (Phi) is 10.9. The van der Waals surface area contributed by atoms with E-state index < -0.39 is 0 Å². The average Bonchev–Trinajstić information content (AvgIpc) is 2.56. The summed E-state index contributed by atoms with van der Waals surface area (Å²) >= 11 is 0. The van der Waals surface area contributed by atoms with Gasteiger partial charge in [-0.05, 0) is 37.8 Å². The van der Waals surface area contributed by atoms with Gasteiger partial charge in [-0.3, -0.25) is 0 Å². The first-order valence-electron chi connectivity index (χ1n) is 8.41. The summed E-state index contributed by atoms with van der Waals surface area (Å²) in [5, 5.41) is 6.65. The average molecular weight is 321 g/mol. The number of ether oxygens (including phenoxy) is 2. The highest BCUT2D eigenvalue weighted by Gasteiger charge is 1.99. The number of hydrogen-bond donors (Lipinski definition) is 2. The third-order valence-electron chi connectivity index (χ3n) is 3.45. The molecule has 0 saturated carbocycles. The van der Waals surface area contributed by atoms with Gasteiger partial charge in [-0.2, -0.15) is 0 Å². The molecule has 0 radical (unpaired) electrons. The highest BCUT2D eigenvalue weighted by atomic mass is 16.5. The van der Waals surface area contributed by atoms with Crippen molar-refractivity contribution in [1.82, 2.24) is 10.6 Å². The number of nitrogens with zero attached hydrogens (tertiary/aromatic N) is 1. The van der Waals surface area contributed by atoms with Crippen molar-refractivity contribution in [2.45, 2.75) is 33.2 Å². The van der Waals surface area contributed by atoms with Crippen LogP contribution in [0.5, 0.6) is 0 Å². The lowest BCUT2D eigenvalue weighted by Crippen LogP contribution is -2.37. The molecular weight excluding hydrogens is 290 g/mol. The Morgan fingerprint density at radius 3 is 2.65 bits per heavy atom. The second-order valence-corrected chi connectivity index (χ2v) is 5.36. The third-order valence-corrected chi connectivity index (χ3v) is 3.45. The van der Waals surface area contributed by atoms with E-state index in [2.05, 4.69) is 53.7 Å². The van der Waals surface area contributed by atoms with Crippen molar-refractivity contribution < 1.29 is 9.47 Å². The van der Waals surface area contributed by atoms with Gasteiger partial charge in [-0.15, -0.1) is 0 Å². The molecule has 23 heavy (non-hydrogen) atoms. The Morgan fingerprint density at radius 2 is 1.91 bits per heavy atom. The number of hydrogen-bond acceptors (Lipinski definition) is 3. The van der Waals surface area contributed by atoms with E-state index in [1.54, 1.807) is 7.11 Å². The van der Waals surface area contributed by atoms with Gasteiger partial charge in [0, 0.05) is 26.8 Å². The molecule has 130 valence electrons. The minimum absolute atomic E-state index is 0.661. The summed E-state index contributed by atoms with van der Waals surface area (Å²) in [6.07, 6.45) is 2.09. The molecule has 1 aromatic rings. The molecule has 0 heterocycles. The first-order chi connectivity index (χ1) is 11.3. The van der Waals surface area contributed by atoms with Crippen LogP contribution in [0.25, 0.3) is 0 Å². The summed E-state index contributed by atoms with van der Waals surface area (Å²) in [4.78, 5) is 4.65. The van der Waals surface area contributed by atoms with Crippen LogP contribution in [0.3, 0.4) is 0 Å². The van der Waals surface area contributed by atoms with Crippen LogP contribution in [-0.4, -0.2) is 46.0 Å². The molecule has 0 aliphatic rings. The third kappa shape index (κ3) is 9.21. The fourth-order valence-corrected chi connectivity index (χ4v) is 2.07. The highest BCUT2D eigenvalue weighted by molar-refractivity contribution is 5.79. The number of aliphatic imine (C=N–C) groups is 1. The molecule has 0 saturated heterocycles. The van der Waals surface area contributed by atoms with Crippen LogP contribution in [0.15, 0.2) is 29.3 Å². The van der Waals surface area contributed by atoms with Gasteiger partial charge in [0.25, 0.3) is 0 Å². The van der Waals surface area contributed by atoms with Crippen molar-refractivity contribution in [3.63, 3.8) is 0 Å². The van der Waals surface area contributed by atoms with Crippen LogP contribution in [0, 0.1) is 6.92 Å². The Labute approximate surface area is 140 Å². The zero-order chi connectivity index (χ0) is 16.8. The van der Waals surface area contributed by atoms with Gasteiger partial charge in [-0.25, -0.2) is 4.99 Å².